The van der Waals surface area contributed by atoms with E-state index in [0.717, 1.165) is 37.4 Å². The zero-order chi connectivity index (χ0) is 24.3. The molecule has 1 saturated carbocycles. The van der Waals surface area contributed by atoms with E-state index in [4.69, 9.17) is 0 Å². The van der Waals surface area contributed by atoms with Crippen molar-refractivity contribution < 1.29 is 18.9 Å². The molecule has 8 heteroatoms. The van der Waals surface area contributed by atoms with Crippen LogP contribution in [0.2, 0.25) is 0 Å². The number of aromatic nitrogens is 1. The lowest BCUT2D eigenvalue weighted by Gasteiger charge is -2.43. The first-order chi connectivity index (χ1) is 16.2. The zero-order valence-electron chi connectivity index (χ0n) is 20.7. The third-order valence-electron chi connectivity index (χ3n) is 8.12. The largest absolute Gasteiger partial charge is 0.417 e. The van der Waals surface area contributed by atoms with Crippen LogP contribution in [0, 0.1) is 5.92 Å². The lowest BCUT2D eigenvalue weighted by molar-refractivity contribution is -0.856. The minimum absolute atomic E-state index is 0.0129. The van der Waals surface area contributed by atoms with E-state index in [2.05, 4.69) is 29.7 Å². The Labute approximate surface area is 207 Å². The summed E-state index contributed by atoms with van der Waals surface area (Å²) in [5.74, 6) is 1.91. The van der Waals surface area contributed by atoms with Gasteiger partial charge >= 0.3 is 6.03 Å². The SMILES string of the molecule is CC(CCC(=O)c1ccncc1)NC(=O)CCCCC1SCC2NC(=O)[N+](C)(C)C21CC1CC1. The van der Waals surface area contributed by atoms with Crippen molar-refractivity contribution in [2.75, 3.05) is 19.8 Å². The molecule has 1 aromatic rings. The van der Waals surface area contributed by atoms with E-state index < -0.39 is 0 Å². The number of carbonyl (C=O) groups is 3. The van der Waals surface area contributed by atoms with Crippen LogP contribution >= 0.6 is 11.8 Å². The number of Topliss-reactive ketones (excluding diaryl/α,β-unsaturated/α-hetero) is 1. The summed E-state index contributed by atoms with van der Waals surface area (Å²) in [5, 5.41) is 6.79. The summed E-state index contributed by atoms with van der Waals surface area (Å²) in [7, 11) is 4.18. The van der Waals surface area contributed by atoms with E-state index in [9.17, 15) is 14.4 Å². The van der Waals surface area contributed by atoms with E-state index in [1.807, 2.05) is 18.7 Å². The van der Waals surface area contributed by atoms with E-state index >= 15 is 0 Å². The Morgan fingerprint density at radius 1 is 1.24 bits per heavy atom. The van der Waals surface area contributed by atoms with Gasteiger partial charge in [-0.05, 0) is 57.1 Å². The molecule has 0 bridgehead atoms. The molecule has 7 nitrogen and oxygen atoms in total. The molecule has 3 fully saturated rings. The summed E-state index contributed by atoms with van der Waals surface area (Å²) in [5.41, 5.74) is 0.655. The minimum atomic E-state index is -0.0279. The summed E-state index contributed by atoms with van der Waals surface area (Å²) >= 11 is 2.02. The molecule has 4 unspecified atom stereocenters. The molecular weight excluding hydrogens is 448 g/mol. The van der Waals surface area contributed by atoms with Gasteiger partial charge < -0.3 is 5.32 Å². The maximum absolute atomic E-state index is 12.7. The molecule has 34 heavy (non-hydrogen) atoms. The van der Waals surface area contributed by atoms with Gasteiger partial charge in [-0.25, -0.2) is 9.28 Å². The molecule has 3 heterocycles. The molecule has 0 spiro atoms. The number of likely N-dealkylation sites (N-methyl/N-ethyl adjacent to an activating group) is 1. The lowest BCUT2D eigenvalue weighted by atomic mass is 9.79. The minimum Gasteiger partial charge on any atom is -0.354 e. The van der Waals surface area contributed by atoms with Crippen LogP contribution in [0.5, 0.6) is 0 Å². The number of unbranched alkanes of at least 4 members (excludes halogenated alkanes) is 1. The number of thioether (sulfide) groups is 1. The molecule has 186 valence electrons. The van der Waals surface area contributed by atoms with E-state index in [0.29, 0.717) is 34.6 Å². The van der Waals surface area contributed by atoms with E-state index in [-0.39, 0.29) is 35.3 Å². The first-order valence-electron chi connectivity index (χ1n) is 12.7. The summed E-state index contributed by atoms with van der Waals surface area (Å²) in [6.07, 6.45) is 11.4. The van der Waals surface area contributed by atoms with Gasteiger partial charge in [-0.1, -0.05) is 6.42 Å². The van der Waals surface area contributed by atoms with Crippen molar-refractivity contribution >= 4 is 29.5 Å². The Balaban J connectivity index is 1.20. The molecule has 4 rings (SSSR count). The highest BCUT2D eigenvalue weighted by molar-refractivity contribution is 8.00. The van der Waals surface area contributed by atoms with Crippen molar-refractivity contribution in [3.8, 4) is 0 Å². The van der Waals surface area contributed by atoms with Gasteiger partial charge in [0.15, 0.2) is 5.78 Å². The third kappa shape index (κ3) is 5.18. The van der Waals surface area contributed by atoms with Crippen LogP contribution in [-0.4, -0.2) is 69.9 Å². The van der Waals surface area contributed by atoms with Gasteiger partial charge in [0.2, 0.25) is 5.91 Å². The molecular formula is C26H39N4O3S+. The van der Waals surface area contributed by atoms with Crippen molar-refractivity contribution in [2.24, 2.45) is 5.92 Å². The maximum atomic E-state index is 12.7. The lowest BCUT2D eigenvalue weighted by Crippen LogP contribution is -2.64. The summed E-state index contributed by atoms with van der Waals surface area (Å²) < 4.78 is 0.446. The number of quaternary nitrogens is 1. The Kier molecular flexibility index (Phi) is 7.67. The van der Waals surface area contributed by atoms with Gasteiger partial charge in [0.25, 0.3) is 0 Å². The van der Waals surface area contributed by atoms with Crippen molar-refractivity contribution in [3.63, 3.8) is 0 Å². The van der Waals surface area contributed by atoms with Gasteiger partial charge in [0.05, 0.1) is 25.4 Å². The number of nitrogens with one attached hydrogen (secondary N) is 2. The number of nitrogens with zero attached hydrogens (tertiary/aromatic N) is 2. The highest BCUT2D eigenvalue weighted by atomic mass is 32.2. The second-order valence-electron chi connectivity index (χ2n) is 10.8. The predicted molar refractivity (Wildman–Crippen MR) is 135 cm³/mol. The Hall–Kier alpha value is -1.93. The summed E-state index contributed by atoms with van der Waals surface area (Å²) in [6, 6.07) is 3.85. The van der Waals surface area contributed by atoms with Gasteiger partial charge in [0.1, 0.15) is 5.54 Å². The topological polar surface area (TPSA) is 88.2 Å². The van der Waals surface area contributed by atoms with E-state index in [1.54, 1.807) is 24.5 Å². The average molecular weight is 488 g/mol. The Bertz CT molecular complexity index is 905. The third-order valence-corrected chi connectivity index (χ3v) is 9.69. The number of urea groups is 1. The highest BCUT2D eigenvalue weighted by Gasteiger charge is 2.69. The van der Waals surface area contributed by atoms with Crippen molar-refractivity contribution in [3.05, 3.63) is 30.1 Å². The fourth-order valence-electron chi connectivity index (χ4n) is 5.82. The second-order valence-corrected chi connectivity index (χ2v) is 12.1. The smallest absolute Gasteiger partial charge is 0.354 e. The van der Waals surface area contributed by atoms with Crippen LogP contribution in [0.25, 0.3) is 0 Å². The van der Waals surface area contributed by atoms with Crippen LogP contribution < -0.4 is 10.6 Å². The number of fused-ring (bicyclic) bond motifs is 1. The molecule has 3 aliphatic rings. The normalized spacial score (nSPS) is 28.3. The second kappa shape index (κ2) is 10.4. The predicted octanol–water partition coefficient (Wildman–Crippen LogP) is 3.93. The summed E-state index contributed by atoms with van der Waals surface area (Å²) in [6.45, 7) is 1.96. The molecule has 3 amide bonds. The van der Waals surface area contributed by atoms with Gasteiger partial charge in [-0.2, -0.15) is 0 Å². The molecule has 0 aromatic carbocycles. The molecule has 1 aromatic heterocycles. The first-order valence-corrected chi connectivity index (χ1v) is 13.8. The first kappa shape index (κ1) is 25.2. The average Bonchev–Trinajstić information content (AvgIpc) is 3.53. The molecule has 2 N–H and O–H groups in total. The fourth-order valence-corrected chi connectivity index (χ4v) is 7.77. The standard InChI is InChI=1S/C26H38N4O3S/c1-18(8-11-21(31)20-12-14-27-15-13-20)28-24(32)7-5-4-6-23-26(16-19-9-10-19)22(17-34-23)29-25(33)30(26,2)3/h12-15,18-19,22-23H,4-11,16-17H2,1-3H3,(H-,28,29,32,33)/p+1. The highest BCUT2D eigenvalue weighted by Crippen LogP contribution is 2.54. The molecule has 4 atom stereocenters. The number of amides is 3. The van der Waals surface area contributed by atoms with Gasteiger partial charge in [0, 0.05) is 49.0 Å². The molecule has 2 aliphatic heterocycles. The maximum Gasteiger partial charge on any atom is 0.417 e. The number of ketones is 1. The quantitative estimate of drug-likeness (QED) is 0.202. The Morgan fingerprint density at radius 3 is 2.68 bits per heavy atom. The monoisotopic (exact) mass is 487 g/mol. The van der Waals surface area contributed by atoms with Crippen LogP contribution in [0.15, 0.2) is 24.5 Å². The molecule has 1 aliphatic carbocycles. The molecule has 0 radical (unpaired) electrons. The Morgan fingerprint density at radius 2 is 1.97 bits per heavy atom. The number of pyridine rings is 1. The zero-order valence-corrected chi connectivity index (χ0v) is 21.5. The van der Waals surface area contributed by atoms with Gasteiger partial charge in [-0.3, -0.25) is 19.9 Å². The van der Waals surface area contributed by atoms with E-state index in [1.165, 1.54) is 12.8 Å². The molecule has 2 saturated heterocycles. The van der Waals surface area contributed by atoms with Crippen molar-refractivity contribution in [1.29, 1.82) is 0 Å². The van der Waals surface area contributed by atoms with Gasteiger partial charge in [-0.15, -0.1) is 11.8 Å². The van der Waals surface area contributed by atoms with Crippen LogP contribution in [0.4, 0.5) is 4.79 Å². The fraction of sp³-hybridized carbons (Fsp3) is 0.692. The summed E-state index contributed by atoms with van der Waals surface area (Å²) in [4.78, 5) is 41.4. The van der Waals surface area contributed by atoms with Crippen LogP contribution in [-0.2, 0) is 4.79 Å². The van der Waals surface area contributed by atoms with Crippen LogP contribution in [0.1, 0.15) is 75.1 Å². The number of hydrogen-bond donors (Lipinski definition) is 2. The number of rotatable bonds is 12. The number of carbonyl (C=O) groups excluding carboxylic acids is 3. The van der Waals surface area contributed by atoms with Crippen LogP contribution in [0.3, 0.4) is 0 Å². The van der Waals surface area contributed by atoms with Crippen molar-refractivity contribution in [2.45, 2.75) is 87.6 Å². The van der Waals surface area contributed by atoms with Crippen molar-refractivity contribution in [1.82, 2.24) is 15.6 Å². The number of hydrogen-bond acceptors (Lipinski definition) is 5.